The zero-order chi connectivity index (χ0) is 19.6. The standard InChI is InChI=1S/C22H32ClNO3/c1-3-4-5-6-7-11-20-21(24(2)15-22(20)26)13-12-18(25)16-27-19-10-8-9-17(23)14-19/h5-6,8-10,12-14,18,20-22,25-26H,3-4,7,11,15-16H2,1-2H3/b6-5-,13-12+/t18-,20-,21-,22+/m1/s1. The third-order valence-corrected chi connectivity index (χ3v) is 5.19. The van der Waals surface area contributed by atoms with E-state index in [4.69, 9.17) is 16.3 Å². The summed E-state index contributed by atoms with van der Waals surface area (Å²) in [5, 5.41) is 21.2. The van der Waals surface area contributed by atoms with E-state index in [1.54, 1.807) is 18.2 Å². The number of halogens is 1. The lowest BCUT2D eigenvalue weighted by Gasteiger charge is -2.22. The summed E-state index contributed by atoms with van der Waals surface area (Å²) in [6, 6.07) is 7.25. The van der Waals surface area contributed by atoms with Crippen LogP contribution in [0.4, 0.5) is 0 Å². The van der Waals surface area contributed by atoms with Crippen molar-refractivity contribution in [3.8, 4) is 5.75 Å². The van der Waals surface area contributed by atoms with Crippen LogP contribution in [0.25, 0.3) is 0 Å². The molecule has 2 rings (SSSR count). The van der Waals surface area contributed by atoms with E-state index in [1.165, 1.54) is 0 Å². The van der Waals surface area contributed by atoms with Crippen molar-refractivity contribution in [2.24, 2.45) is 5.92 Å². The fraction of sp³-hybridized carbons (Fsp3) is 0.545. The number of hydrogen-bond acceptors (Lipinski definition) is 4. The van der Waals surface area contributed by atoms with Crippen LogP contribution >= 0.6 is 11.6 Å². The van der Waals surface area contributed by atoms with Gasteiger partial charge in [-0.05, 0) is 44.5 Å². The molecule has 0 aliphatic carbocycles. The minimum Gasteiger partial charge on any atom is -0.491 e. The summed E-state index contributed by atoms with van der Waals surface area (Å²) in [4.78, 5) is 2.14. The van der Waals surface area contributed by atoms with Crippen molar-refractivity contribution in [2.75, 3.05) is 20.2 Å². The Labute approximate surface area is 168 Å². The lowest BCUT2D eigenvalue weighted by molar-refractivity contribution is 0.135. The molecule has 1 saturated heterocycles. The Morgan fingerprint density at radius 3 is 2.85 bits per heavy atom. The number of likely N-dealkylation sites (N-methyl/N-ethyl adjacent to an activating group) is 1. The number of β-amino-alcohol motifs (C(OH)–C–C–N with tert-alkyl or cyclic N) is 1. The molecular weight excluding hydrogens is 362 g/mol. The van der Waals surface area contributed by atoms with Crippen molar-refractivity contribution in [3.05, 3.63) is 53.6 Å². The van der Waals surface area contributed by atoms with Crippen molar-refractivity contribution in [1.29, 1.82) is 0 Å². The molecule has 0 saturated carbocycles. The van der Waals surface area contributed by atoms with Crippen LogP contribution < -0.4 is 4.74 Å². The second-order valence-electron chi connectivity index (χ2n) is 7.22. The molecule has 1 heterocycles. The summed E-state index contributed by atoms with van der Waals surface area (Å²) in [5.41, 5.74) is 0. The lowest BCUT2D eigenvalue weighted by Crippen LogP contribution is -2.28. The number of allylic oxidation sites excluding steroid dienone is 2. The minimum atomic E-state index is -0.708. The van der Waals surface area contributed by atoms with Crippen LogP contribution in [0.15, 0.2) is 48.6 Å². The Morgan fingerprint density at radius 2 is 2.11 bits per heavy atom. The maximum absolute atomic E-state index is 10.4. The van der Waals surface area contributed by atoms with Gasteiger partial charge in [0, 0.05) is 23.5 Å². The van der Waals surface area contributed by atoms with Gasteiger partial charge >= 0.3 is 0 Å². The molecule has 0 amide bonds. The van der Waals surface area contributed by atoms with Crippen molar-refractivity contribution in [2.45, 2.75) is 50.9 Å². The predicted molar refractivity (Wildman–Crippen MR) is 111 cm³/mol. The molecule has 0 radical (unpaired) electrons. The third-order valence-electron chi connectivity index (χ3n) is 4.95. The molecule has 1 fully saturated rings. The molecule has 1 aromatic rings. The van der Waals surface area contributed by atoms with E-state index in [1.807, 2.05) is 25.3 Å². The average molecular weight is 394 g/mol. The van der Waals surface area contributed by atoms with Gasteiger partial charge in [-0.25, -0.2) is 0 Å². The molecule has 2 N–H and O–H groups in total. The van der Waals surface area contributed by atoms with E-state index in [0.717, 1.165) is 25.7 Å². The third kappa shape index (κ3) is 7.30. The van der Waals surface area contributed by atoms with E-state index in [0.29, 0.717) is 17.3 Å². The first-order chi connectivity index (χ1) is 13.0. The molecule has 0 bridgehead atoms. The lowest BCUT2D eigenvalue weighted by atomic mass is 9.92. The summed E-state index contributed by atoms with van der Waals surface area (Å²) in [6.45, 7) is 3.00. The van der Waals surface area contributed by atoms with Gasteiger partial charge in [0.1, 0.15) is 18.5 Å². The Hall–Kier alpha value is -1.33. The normalized spacial score (nSPS) is 24.9. The van der Waals surface area contributed by atoms with E-state index >= 15 is 0 Å². The SMILES string of the molecule is CCC/C=C\CC[C@@H]1[C@@H](/C=C/[C@@H](O)COc2cccc(Cl)c2)N(C)C[C@@H]1O. The molecule has 4 atom stereocenters. The highest BCUT2D eigenvalue weighted by molar-refractivity contribution is 6.30. The Morgan fingerprint density at radius 1 is 1.33 bits per heavy atom. The minimum absolute atomic E-state index is 0.125. The predicted octanol–water partition coefficient (Wildman–Crippen LogP) is 4.06. The van der Waals surface area contributed by atoms with Gasteiger partial charge in [0.15, 0.2) is 0 Å². The Kier molecular flexibility index (Phi) is 9.35. The first-order valence-electron chi connectivity index (χ1n) is 9.79. The maximum atomic E-state index is 10.4. The fourth-order valence-electron chi connectivity index (χ4n) is 3.49. The van der Waals surface area contributed by atoms with E-state index in [9.17, 15) is 10.2 Å². The van der Waals surface area contributed by atoms with Gasteiger partial charge in [0.25, 0.3) is 0 Å². The maximum Gasteiger partial charge on any atom is 0.120 e. The summed E-state index contributed by atoms with van der Waals surface area (Å²) in [5.74, 6) is 0.818. The van der Waals surface area contributed by atoms with Gasteiger partial charge < -0.3 is 14.9 Å². The molecule has 1 aliphatic heterocycles. The number of nitrogens with zero attached hydrogens (tertiary/aromatic N) is 1. The molecule has 27 heavy (non-hydrogen) atoms. The van der Waals surface area contributed by atoms with Crippen LogP contribution in [-0.4, -0.2) is 53.6 Å². The Balaban J connectivity index is 1.85. The van der Waals surface area contributed by atoms with Gasteiger partial charge in [-0.1, -0.05) is 55.3 Å². The van der Waals surface area contributed by atoms with Crippen molar-refractivity contribution in [3.63, 3.8) is 0 Å². The summed E-state index contributed by atoms with van der Waals surface area (Å²) in [7, 11) is 2.01. The zero-order valence-electron chi connectivity index (χ0n) is 16.3. The zero-order valence-corrected chi connectivity index (χ0v) is 17.1. The van der Waals surface area contributed by atoms with Gasteiger partial charge in [0.2, 0.25) is 0 Å². The number of likely N-dealkylation sites (tertiary alicyclic amines) is 1. The van der Waals surface area contributed by atoms with Gasteiger partial charge in [-0.3, -0.25) is 4.90 Å². The summed E-state index contributed by atoms with van der Waals surface area (Å²) < 4.78 is 5.58. The van der Waals surface area contributed by atoms with Crippen LogP contribution in [0.2, 0.25) is 5.02 Å². The van der Waals surface area contributed by atoms with Gasteiger partial charge in [-0.2, -0.15) is 0 Å². The van der Waals surface area contributed by atoms with Crippen LogP contribution in [0.1, 0.15) is 32.6 Å². The molecule has 0 unspecified atom stereocenters. The largest absolute Gasteiger partial charge is 0.491 e. The number of benzene rings is 1. The first kappa shape index (κ1) is 22.0. The van der Waals surface area contributed by atoms with Crippen LogP contribution in [0, 0.1) is 5.92 Å². The quantitative estimate of drug-likeness (QED) is 0.588. The van der Waals surface area contributed by atoms with E-state index in [-0.39, 0.29) is 24.7 Å². The summed E-state index contributed by atoms with van der Waals surface area (Å²) in [6.07, 6.45) is 11.3. The van der Waals surface area contributed by atoms with Gasteiger partial charge in [0.05, 0.1) is 6.10 Å². The highest BCUT2D eigenvalue weighted by atomic mass is 35.5. The fourth-order valence-corrected chi connectivity index (χ4v) is 3.67. The molecule has 1 aromatic carbocycles. The van der Waals surface area contributed by atoms with E-state index in [2.05, 4.69) is 24.0 Å². The number of hydrogen-bond donors (Lipinski definition) is 2. The highest BCUT2D eigenvalue weighted by Gasteiger charge is 2.36. The number of unbranched alkanes of at least 4 members (excludes halogenated alkanes) is 1. The highest BCUT2D eigenvalue weighted by Crippen LogP contribution is 2.29. The van der Waals surface area contributed by atoms with Crippen molar-refractivity contribution >= 4 is 11.6 Å². The number of rotatable bonds is 10. The smallest absolute Gasteiger partial charge is 0.120 e. The topological polar surface area (TPSA) is 52.9 Å². The van der Waals surface area contributed by atoms with Crippen LogP contribution in [-0.2, 0) is 0 Å². The average Bonchev–Trinajstić information content (AvgIpc) is 2.91. The van der Waals surface area contributed by atoms with Crippen molar-refractivity contribution < 1.29 is 14.9 Å². The van der Waals surface area contributed by atoms with Crippen LogP contribution in [0.5, 0.6) is 5.75 Å². The van der Waals surface area contributed by atoms with Crippen LogP contribution in [0.3, 0.4) is 0 Å². The Bertz CT molecular complexity index is 619. The number of ether oxygens (including phenoxy) is 1. The molecule has 150 valence electrons. The molecule has 0 aromatic heterocycles. The second kappa shape index (κ2) is 11.5. The molecule has 1 aliphatic rings. The second-order valence-corrected chi connectivity index (χ2v) is 7.66. The first-order valence-corrected chi connectivity index (χ1v) is 10.2. The van der Waals surface area contributed by atoms with E-state index < -0.39 is 6.10 Å². The van der Waals surface area contributed by atoms with Gasteiger partial charge in [-0.15, -0.1) is 0 Å². The molecule has 5 heteroatoms. The number of aliphatic hydroxyl groups excluding tert-OH is 2. The molecule has 0 spiro atoms. The molecule has 4 nitrogen and oxygen atoms in total. The van der Waals surface area contributed by atoms with Crippen molar-refractivity contribution in [1.82, 2.24) is 4.90 Å². The monoisotopic (exact) mass is 393 g/mol. The summed E-state index contributed by atoms with van der Waals surface area (Å²) >= 11 is 5.93. The number of aliphatic hydroxyl groups is 2. The molecular formula is C22H32ClNO3.